The topological polar surface area (TPSA) is 52.4 Å². The van der Waals surface area contributed by atoms with Crippen molar-refractivity contribution in [3.63, 3.8) is 0 Å². The van der Waals surface area contributed by atoms with Crippen LogP contribution in [0.15, 0.2) is 51.9 Å². The summed E-state index contributed by atoms with van der Waals surface area (Å²) in [4.78, 5) is 16.6. The zero-order valence-corrected chi connectivity index (χ0v) is 21.9. The van der Waals surface area contributed by atoms with Crippen LogP contribution in [-0.2, 0) is 0 Å². The second-order valence-corrected chi connectivity index (χ2v) is 9.35. The molecule has 6 nitrogen and oxygen atoms in total. The molecule has 4 rings (SSSR count). The number of methoxy groups -OCH3 is 3. The maximum atomic E-state index is 13.2. The van der Waals surface area contributed by atoms with Gasteiger partial charge in [-0.15, -0.1) is 0 Å². The minimum Gasteiger partial charge on any atom is -1.00 e. The van der Waals surface area contributed by atoms with Gasteiger partial charge in [0.15, 0.2) is 11.5 Å². The minimum absolute atomic E-state index is 0. The van der Waals surface area contributed by atoms with E-state index in [1.165, 1.54) is 16.7 Å². The molecule has 1 saturated heterocycles. The van der Waals surface area contributed by atoms with Crippen molar-refractivity contribution in [1.82, 2.24) is 4.90 Å². The van der Waals surface area contributed by atoms with Gasteiger partial charge in [-0.1, -0.05) is 6.08 Å². The monoisotopic (exact) mass is 520 g/mol. The van der Waals surface area contributed by atoms with Crippen molar-refractivity contribution in [2.45, 2.75) is 0 Å². The molecule has 3 aromatic rings. The average Bonchev–Trinajstić information content (AvgIpc) is 3.58. The molecule has 1 fully saturated rings. The highest BCUT2D eigenvalue weighted by molar-refractivity contribution is 7.08. The lowest BCUT2D eigenvalue weighted by Gasteiger charge is -2.30. The second kappa shape index (κ2) is 12.4. The third kappa shape index (κ3) is 5.82. The Morgan fingerprint density at radius 2 is 1.50 bits per heavy atom. The summed E-state index contributed by atoms with van der Waals surface area (Å²) in [6.45, 7) is 4.11. The molecular formula is C25H29ClN2O4S2. The molecule has 0 unspecified atom stereocenters. The fraction of sp³-hybridized carbons (Fsp3) is 0.320. The van der Waals surface area contributed by atoms with Gasteiger partial charge in [-0.2, -0.15) is 22.7 Å². The number of nitrogens with zero attached hydrogens (tertiary/aromatic N) is 1. The quantitative estimate of drug-likeness (QED) is 0.463. The Morgan fingerprint density at radius 3 is 1.94 bits per heavy atom. The molecule has 0 radical (unpaired) electrons. The standard InChI is InChI=1S/C25H28N2O4S2.ClH/c1-29-22-14-20(15-23(30-2)24(22)31-3)25(28)27-10-8-26(9-11-27)7-4-21(18-5-12-32-16-18)19-6-13-33-17-19;/h4-6,12-17H,7-11H2,1-3H3;1H. The summed E-state index contributed by atoms with van der Waals surface area (Å²) in [5.74, 6) is 1.55. The molecule has 0 aliphatic carbocycles. The summed E-state index contributed by atoms with van der Waals surface area (Å²) in [6, 6.07) is 7.82. The van der Waals surface area contributed by atoms with Gasteiger partial charge in [-0.3, -0.25) is 9.80 Å². The van der Waals surface area contributed by atoms with Crippen LogP contribution in [0.3, 0.4) is 0 Å². The predicted molar refractivity (Wildman–Crippen MR) is 133 cm³/mol. The Morgan fingerprint density at radius 1 is 0.941 bits per heavy atom. The van der Waals surface area contributed by atoms with Crippen molar-refractivity contribution < 1.29 is 36.3 Å². The van der Waals surface area contributed by atoms with Crippen LogP contribution in [0.5, 0.6) is 17.2 Å². The molecule has 9 heteroatoms. The summed E-state index contributed by atoms with van der Waals surface area (Å²) in [5.41, 5.74) is 4.38. The summed E-state index contributed by atoms with van der Waals surface area (Å²) >= 11 is 3.44. The SMILES string of the molecule is COc1cc(C(=O)[NH+]2CCN(CC=C(c3ccsc3)c3ccsc3)CC2)cc(OC)c1OC.[Cl-]. The lowest BCUT2D eigenvalue weighted by Crippen LogP contribution is -3.17. The molecule has 3 heterocycles. The molecule has 1 aliphatic rings. The number of quaternary nitrogens is 1. The van der Waals surface area contributed by atoms with E-state index in [2.05, 4.69) is 44.6 Å². The van der Waals surface area contributed by atoms with E-state index < -0.39 is 0 Å². The Kier molecular flexibility index (Phi) is 9.55. The van der Waals surface area contributed by atoms with Gasteiger partial charge >= 0.3 is 5.91 Å². The normalized spacial score (nSPS) is 14.2. The highest BCUT2D eigenvalue weighted by Crippen LogP contribution is 2.38. The second-order valence-electron chi connectivity index (χ2n) is 7.79. The molecule has 1 aliphatic heterocycles. The Balaban J connectivity index is 0.00000324. The number of amides is 1. The number of carbonyl (C=O) groups is 1. The van der Waals surface area contributed by atoms with E-state index in [-0.39, 0.29) is 18.3 Å². The Labute approximate surface area is 214 Å². The fourth-order valence-corrected chi connectivity index (χ4v) is 5.42. The van der Waals surface area contributed by atoms with Crippen LogP contribution in [0.4, 0.5) is 0 Å². The number of benzene rings is 1. The van der Waals surface area contributed by atoms with Crippen LogP contribution < -0.4 is 31.5 Å². The van der Waals surface area contributed by atoms with Crippen molar-refractivity contribution >= 4 is 34.2 Å². The van der Waals surface area contributed by atoms with Gasteiger partial charge in [0, 0.05) is 31.8 Å². The molecule has 182 valence electrons. The number of piperazine rings is 1. The molecule has 34 heavy (non-hydrogen) atoms. The predicted octanol–water partition coefficient (Wildman–Crippen LogP) is 0.312. The highest BCUT2D eigenvalue weighted by Gasteiger charge is 2.29. The lowest BCUT2D eigenvalue weighted by atomic mass is 10.0. The van der Waals surface area contributed by atoms with E-state index in [0.717, 1.165) is 37.6 Å². The summed E-state index contributed by atoms with van der Waals surface area (Å²) in [5, 5.41) is 8.63. The van der Waals surface area contributed by atoms with Crippen LogP contribution in [-0.4, -0.2) is 64.9 Å². The zero-order valence-electron chi connectivity index (χ0n) is 19.5. The molecule has 1 amide bonds. The first-order valence-corrected chi connectivity index (χ1v) is 12.7. The fourth-order valence-electron chi connectivity index (χ4n) is 4.11. The van der Waals surface area contributed by atoms with E-state index in [0.29, 0.717) is 22.8 Å². The first kappa shape index (κ1) is 26.2. The van der Waals surface area contributed by atoms with Crippen LogP contribution in [0, 0.1) is 0 Å². The van der Waals surface area contributed by atoms with Crippen molar-refractivity contribution in [2.24, 2.45) is 0 Å². The maximum Gasteiger partial charge on any atom is 0.344 e. The Hall–Kier alpha value is -2.36. The third-order valence-electron chi connectivity index (χ3n) is 5.93. The molecule has 1 N–H and O–H groups in total. The molecule has 0 atom stereocenters. The van der Waals surface area contributed by atoms with Gasteiger partial charge in [0.05, 0.1) is 40.0 Å². The van der Waals surface area contributed by atoms with E-state index in [1.54, 1.807) is 56.1 Å². The van der Waals surface area contributed by atoms with Crippen molar-refractivity contribution in [2.75, 3.05) is 54.1 Å². The third-order valence-corrected chi connectivity index (χ3v) is 7.29. The van der Waals surface area contributed by atoms with Crippen molar-refractivity contribution in [3.05, 3.63) is 68.6 Å². The van der Waals surface area contributed by atoms with Gasteiger partial charge in [0.1, 0.15) is 0 Å². The van der Waals surface area contributed by atoms with E-state index in [1.807, 2.05) is 0 Å². The number of nitrogens with one attached hydrogen (secondary N) is 1. The molecular weight excluding hydrogens is 492 g/mol. The molecule has 0 bridgehead atoms. The van der Waals surface area contributed by atoms with Gasteiger partial charge < -0.3 is 26.6 Å². The summed E-state index contributed by atoms with van der Waals surface area (Å²) in [6.07, 6.45) is 2.32. The maximum absolute atomic E-state index is 13.2. The number of rotatable bonds is 8. The number of halogens is 1. The molecule has 1 aromatic carbocycles. The average molecular weight is 521 g/mol. The largest absolute Gasteiger partial charge is 1.00 e. The van der Waals surface area contributed by atoms with Crippen LogP contribution in [0.1, 0.15) is 21.5 Å². The van der Waals surface area contributed by atoms with Crippen LogP contribution in [0.2, 0.25) is 0 Å². The van der Waals surface area contributed by atoms with E-state index in [9.17, 15) is 4.79 Å². The van der Waals surface area contributed by atoms with Crippen LogP contribution >= 0.6 is 22.7 Å². The smallest absolute Gasteiger partial charge is 0.344 e. The van der Waals surface area contributed by atoms with Gasteiger partial charge in [-0.25, -0.2) is 4.79 Å². The summed E-state index contributed by atoms with van der Waals surface area (Å²) in [7, 11) is 4.68. The minimum atomic E-state index is 0. The first-order chi connectivity index (χ1) is 16.1. The number of hydrogen-bond donors (Lipinski definition) is 1. The van der Waals surface area contributed by atoms with E-state index >= 15 is 0 Å². The lowest BCUT2D eigenvalue weighted by molar-refractivity contribution is -0.819. The zero-order chi connectivity index (χ0) is 23.2. The van der Waals surface area contributed by atoms with Crippen LogP contribution in [0.25, 0.3) is 5.57 Å². The summed E-state index contributed by atoms with van der Waals surface area (Å²) < 4.78 is 16.2. The molecule has 0 saturated carbocycles. The van der Waals surface area contributed by atoms with E-state index in [4.69, 9.17) is 14.2 Å². The number of hydrogen-bond acceptors (Lipinski definition) is 7. The van der Waals surface area contributed by atoms with Gasteiger partial charge in [0.2, 0.25) is 5.75 Å². The molecule has 2 aromatic heterocycles. The number of thiophene rings is 2. The number of carbonyl (C=O) groups excluding carboxylic acids is 1. The van der Waals surface area contributed by atoms with Gasteiger partial charge in [0.25, 0.3) is 0 Å². The number of ether oxygens (including phenoxy) is 3. The Bertz CT molecular complexity index is 1030. The molecule has 0 spiro atoms. The highest BCUT2D eigenvalue weighted by atomic mass is 35.5. The first-order valence-electron chi connectivity index (χ1n) is 10.8. The van der Waals surface area contributed by atoms with Crippen molar-refractivity contribution in [1.29, 1.82) is 0 Å². The van der Waals surface area contributed by atoms with Gasteiger partial charge in [-0.05, 0) is 50.4 Å². The van der Waals surface area contributed by atoms with Crippen molar-refractivity contribution in [3.8, 4) is 17.2 Å².